The van der Waals surface area contributed by atoms with Crippen molar-refractivity contribution >= 4 is 39.1 Å². The van der Waals surface area contributed by atoms with Crippen LogP contribution in [0.1, 0.15) is 17.4 Å². The lowest BCUT2D eigenvalue weighted by Crippen LogP contribution is -2.29. The van der Waals surface area contributed by atoms with Gasteiger partial charge in [-0.2, -0.15) is 0 Å². The summed E-state index contributed by atoms with van der Waals surface area (Å²) >= 11 is 15.1. The van der Waals surface area contributed by atoms with E-state index in [9.17, 15) is 0 Å². The first kappa shape index (κ1) is 13.9. The van der Waals surface area contributed by atoms with E-state index in [-0.39, 0.29) is 6.04 Å². The van der Waals surface area contributed by atoms with Crippen LogP contribution in [0.5, 0.6) is 0 Å². The number of nitrogens with two attached hydrogens (primary N) is 1. The number of hydrogen-bond acceptors (Lipinski definition) is 3. The summed E-state index contributed by atoms with van der Waals surface area (Å²) in [6.07, 6.45) is 0.660. The molecule has 96 valence electrons. The van der Waals surface area contributed by atoms with Crippen molar-refractivity contribution < 1.29 is 4.42 Å². The molecule has 1 aromatic carbocycles. The maximum Gasteiger partial charge on any atom is 0.169 e. The van der Waals surface area contributed by atoms with E-state index in [2.05, 4.69) is 21.4 Å². The van der Waals surface area contributed by atoms with E-state index in [0.717, 1.165) is 11.3 Å². The van der Waals surface area contributed by atoms with Crippen molar-refractivity contribution in [3.8, 4) is 0 Å². The van der Waals surface area contributed by atoms with Crippen molar-refractivity contribution in [3.05, 3.63) is 56.4 Å². The topological polar surface area (TPSA) is 51.2 Å². The van der Waals surface area contributed by atoms with E-state index in [1.807, 2.05) is 24.3 Å². The van der Waals surface area contributed by atoms with E-state index in [4.69, 9.17) is 33.5 Å². The van der Waals surface area contributed by atoms with Crippen molar-refractivity contribution in [1.82, 2.24) is 5.43 Å². The summed E-state index contributed by atoms with van der Waals surface area (Å²) in [4.78, 5) is 0. The molecule has 0 spiro atoms. The lowest BCUT2D eigenvalue weighted by atomic mass is 10.0. The van der Waals surface area contributed by atoms with Gasteiger partial charge in [0.05, 0.1) is 16.1 Å². The van der Waals surface area contributed by atoms with E-state index >= 15 is 0 Å². The van der Waals surface area contributed by atoms with E-state index < -0.39 is 0 Å². The van der Waals surface area contributed by atoms with Crippen LogP contribution in [0.15, 0.2) is 39.4 Å². The largest absolute Gasteiger partial charge is 0.453 e. The Morgan fingerprint density at radius 2 is 2.00 bits per heavy atom. The van der Waals surface area contributed by atoms with Gasteiger partial charge in [0.15, 0.2) is 4.67 Å². The molecular formula is C12H11BrCl2N2O. The highest BCUT2D eigenvalue weighted by Gasteiger charge is 2.15. The average molecular weight is 350 g/mol. The molecule has 2 aromatic rings. The maximum atomic E-state index is 5.98. The molecule has 18 heavy (non-hydrogen) atoms. The van der Waals surface area contributed by atoms with Crippen molar-refractivity contribution in [1.29, 1.82) is 0 Å². The molecule has 0 aliphatic rings. The third kappa shape index (κ3) is 3.28. The molecule has 1 heterocycles. The van der Waals surface area contributed by atoms with Crippen LogP contribution < -0.4 is 11.3 Å². The van der Waals surface area contributed by atoms with Crippen molar-refractivity contribution in [3.63, 3.8) is 0 Å². The van der Waals surface area contributed by atoms with Crippen LogP contribution in [0.25, 0.3) is 0 Å². The quantitative estimate of drug-likeness (QED) is 0.645. The number of rotatable bonds is 4. The molecule has 0 aliphatic carbocycles. The second kappa shape index (κ2) is 6.08. The van der Waals surface area contributed by atoms with Gasteiger partial charge in [0.2, 0.25) is 0 Å². The third-order valence-corrected chi connectivity index (χ3v) is 3.73. The lowest BCUT2D eigenvalue weighted by molar-refractivity contribution is 0.405. The Morgan fingerprint density at radius 1 is 1.22 bits per heavy atom. The van der Waals surface area contributed by atoms with Crippen LogP contribution in [-0.4, -0.2) is 0 Å². The molecule has 3 N–H and O–H groups in total. The van der Waals surface area contributed by atoms with Gasteiger partial charge >= 0.3 is 0 Å². The Hall–Kier alpha value is -0.520. The molecule has 3 nitrogen and oxygen atoms in total. The summed E-state index contributed by atoms with van der Waals surface area (Å²) in [5, 5.41) is 1.07. The second-order valence-electron chi connectivity index (χ2n) is 3.81. The molecule has 0 fully saturated rings. The first-order chi connectivity index (χ1) is 8.60. The average Bonchev–Trinajstić information content (AvgIpc) is 2.77. The number of nitrogens with one attached hydrogen (secondary N) is 1. The smallest absolute Gasteiger partial charge is 0.169 e. The van der Waals surface area contributed by atoms with Gasteiger partial charge in [-0.25, -0.2) is 5.43 Å². The van der Waals surface area contributed by atoms with Gasteiger partial charge in [0.25, 0.3) is 0 Å². The molecular weight excluding hydrogens is 339 g/mol. The van der Waals surface area contributed by atoms with Crippen LogP contribution in [0, 0.1) is 0 Å². The number of halogens is 3. The van der Waals surface area contributed by atoms with Gasteiger partial charge in [-0.05, 0) is 52.2 Å². The fourth-order valence-electron chi connectivity index (χ4n) is 1.66. The monoisotopic (exact) mass is 348 g/mol. The Morgan fingerprint density at radius 3 is 2.56 bits per heavy atom. The predicted octanol–water partition coefficient (Wildman–Crippen LogP) is 4.10. The van der Waals surface area contributed by atoms with Gasteiger partial charge in [0.1, 0.15) is 5.76 Å². The number of hydrogen-bond donors (Lipinski definition) is 2. The molecule has 0 radical (unpaired) electrons. The minimum Gasteiger partial charge on any atom is -0.453 e. The number of hydrazine groups is 1. The van der Waals surface area contributed by atoms with Crippen molar-refractivity contribution in [2.45, 2.75) is 12.5 Å². The van der Waals surface area contributed by atoms with Crippen LogP contribution in [0.2, 0.25) is 10.0 Å². The molecule has 0 amide bonds. The molecule has 1 atom stereocenters. The van der Waals surface area contributed by atoms with Crippen LogP contribution in [0.4, 0.5) is 0 Å². The SMILES string of the molecule is NNC(Cc1ccc(Cl)c(Cl)c1)c1ccc(Br)o1. The summed E-state index contributed by atoms with van der Waals surface area (Å²) < 4.78 is 6.15. The first-order valence-corrected chi connectivity index (χ1v) is 6.80. The molecule has 2 rings (SSSR count). The lowest BCUT2D eigenvalue weighted by Gasteiger charge is -2.13. The molecule has 0 aliphatic heterocycles. The van der Waals surface area contributed by atoms with Gasteiger partial charge in [-0.3, -0.25) is 5.84 Å². The maximum absolute atomic E-state index is 5.98. The Labute approximate surface area is 123 Å². The van der Waals surface area contributed by atoms with Crippen molar-refractivity contribution in [2.75, 3.05) is 0 Å². The first-order valence-electron chi connectivity index (χ1n) is 5.25. The van der Waals surface area contributed by atoms with Crippen LogP contribution in [-0.2, 0) is 6.42 Å². The Balaban J connectivity index is 2.17. The molecule has 6 heteroatoms. The van der Waals surface area contributed by atoms with Gasteiger partial charge < -0.3 is 4.42 Å². The zero-order valence-corrected chi connectivity index (χ0v) is 12.4. The molecule has 1 aromatic heterocycles. The summed E-state index contributed by atoms with van der Waals surface area (Å²) in [5.74, 6) is 6.31. The fourth-order valence-corrected chi connectivity index (χ4v) is 2.30. The molecule has 0 saturated heterocycles. The number of furan rings is 1. The minimum absolute atomic E-state index is 0.117. The van der Waals surface area contributed by atoms with Gasteiger partial charge in [-0.1, -0.05) is 29.3 Å². The van der Waals surface area contributed by atoms with Crippen LogP contribution in [0.3, 0.4) is 0 Å². The standard InChI is InChI=1S/C12H11BrCl2N2O/c13-12-4-3-11(18-12)10(17-16)6-7-1-2-8(14)9(15)5-7/h1-5,10,17H,6,16H2. The van der Waals surface area contributed by atoms with Crippen molar-refractivity contribution in [2.24, 2.45) is 5.84 Å². The van der Waals surface area contributed by atoms with Gasteiger partial charge in [-0.15, -0.1) is 0 Å². The fraction of sp³-hybridized carbons (Fsp3) is 0.167. The minimum atomic E-state index is -0.117. The molecule has 0 saturated carbocycles. The summed E-state index contributed by atoms with van der Waals surface area (Å²) in [5.41, 5.74) is 3.75. The summed E-state index contributed by atoms with van der Waals surface area (Å²) in [6, 6.07) is 9.09. The van der Waals surface area contributed by atoms with E-state index in [1.54, 1.807) is 6.07 Å². The highest BCUT2D eigenvalue weighted by Crippen LogP contribution is 2.27. The molecule has 0 bridgehead atoms. The van der Waals surface area contributed by atoms with Crippen LogP contribution >= 0.6 is 39.1 Å². The second-order valence-corrected chi connectivity index (χ2v) is 5.41. The van der Waals surface area contributed by atoms with E-state index in [1.165, 1.54) is 0 Å². The summed E-state index contributed by atoms with van der Waals surface area (Å²) in [6.45, 7) is 0. The number of benzene rings is 1. The normalized spacial score (nSPS) is 12.7. The zero-order chi connectivity index (χ0) is 13.1. The third-order valence-electron chi connectivity index (χ3n) is 2.56. The summed E-state index contributed by atoms with van der Waals surface area (Å²) in [7, 11) is 0. The highest BCUT2D eigenvalue weighted by atomic mass is 79.9. The highest BCUT2D eigenvalue weighted by molar-refractivity contribution is 9.10. The Kier molecular flexibility index (Phi) is 4.70. The zero-order valence-electron chi connectivity index (χ0n) is 9.29. The molecule has 1 unspecified atom stereocenters. The Bertz CT molecular complexity index is 545. The van der Waals surface area contributed by atoms with E-state index in [0.29, 0.717) is 21.1 Å². The predicted molar refractivity (Wildman–Crippen MR) is 76.6 cm³/mol. The van der Waals surface area contributed by atoms with Gasteiger partial charge in [0, 0.05) is 0 Å².